The lowest BCUT2D eigenvalue weighted by atomic mass is 9.96. The number of hydrogen-bond donors (Lipinski definition) is 1. The summed E-state index contributed by atoms with van der Waals surface area (Å²) in [5.74, 6) is 0.811. The van der Waals surface area contributed by atoms with E-state index in [2.05, 4.69) is 16.7 Å². The molecule has 4 heteroatoms. The standard InChI is InChI=1S/C15H28N4/c1-12-10-18-9-5-8-14(18)11-19(12)15(16)17-13-6-3-2-4-7-13/h12-14H,2-11H2,1H3,(H2,16,17). The molecule has 2 unspecified atom stereocenters. The maximum atomic E-state index is 6.31. The molecule has 3 aliphatic rings. The van der Waals surface area contributed by atoms with Gasteiger partial charge in [-0.2, -0.15) is 0 Å². The molecule has 3 rings (SSSR count). The highest BCUT2D eigenvalue weighted by Gasteiger charge is 2.35. The molecule has 0 radical (unpaired) electrons. The van der Waals surface area contributed by atoms with Gasteiger partial charge in [0.1, 0.15) is 0 Å². The number of nitrogens with zero attached hydrogens (tertiary/aromatic N) is 3. The Morgan fingerprint density at radius 1 is 1.05 bits per heavy atom. The van der Waals surface area contributed by atoms with Gasteiger partial charge >= 0.3 is 0 Å². The predicted octanol–water partition coefficient (Wildman–Crippen LogP) is 1.80. The Hall–Kier alpha value is -0.770. The van der Waals surface area contributed by atoms with Crippen molar-refractivity contribution in [3.05, 3.63) is 0 Å². The van der Waals surface area contributed by atoms with Gasteiger partial charge in [-0.1, -0.05) is 19.3 Å². The summed E-state index contributed by atoms with van der Waals surface area (Å²) >= 11 is 0. The number of nitrogens with two attached hydrogens (primary N) is 1. The van der Waals surface area contributed by atoms with Crippen molar-refractivity contribution in [3.63, 3.8) is 0 Å². The molecule has 0 aromatic rings. The average Bonchev–Trinajstić information content (AvgIpc) is 2.86. The Labute approximate surface area is 117 Å². The van der Waals surface area contributed by atoms with Crippen LogP contribution in [-0.2, 0) is 0 Å². The summed E-state index contributed by atoms with van der Waals surface area (Å²) in [5, 5.41) is 0. The van der Waals surface area contributed by atoms with E-state index in [-0.39, 0.29) is 0 Å². The maximum Gasteiger partial charge on any atom is 0.191 e. The van der Waals surface area contributed by atoms with Crippen LogP contribution in [0.1, 0.15) is 51.9 Å². The molecule has 2 N–H and O–H groups in total. The van der Waals surface area contributed by atoms with Crippen molar-refractivity contribution >= 4 is 5.96 Å². The predicted molar refractivity (Wildman–Crippen MR) is 79.3 cm³/mol. The molecule has 0 bridgehead atoms. The van der Waals surface area contributed by atoms with Crippen molar-refractivity contribution < 1.29 is 0 Å². The Morgan fingerprint density at radius 2 is 1.84 bits per heavy atom. The van der Waals surface area contributed by atoms with Crippen molar-refractivity contribution in [2.75, 3.05) is 19.6 Å². The van der Waals surface area contributed by atoms with Crippen LogP contribution in [0.4, 0.5) is 0 Å². The number of guanidine groups is 1. The van der Waals surface area contributed by atoms with Crippen LogP contribution in [0.5, 0.6) is 0 Å². The first-order chi connectivity index (χ1) is 9.24. The maximum absolute atomic E-state index is 6.31. The molecule has 19 heavy (non-hydrogen) atoms. The molecule has 3 fully saturated rings. The summed E-state index contributed by atoms with van der Waals surface area (Å²) in [4.78, 5) is 9.82. The van der Waals surface area contributed by atoms with E-state index in [9.17, 15) is 0 Å². The first kappa shape index (κ1) is 13.2. The molecule has 0 amide bonds. The summed E-state index contributed by atoms with van der Waals surface area (Å²) in [6.45, 7) is 5.81. The fourth-order valence-corrected chi connectivity index (χ4v) is 3.98. The van der Waals surface area contributed by atoms with Crippen LogP contribution in [0.3, 0.4) is 0 Å². The molecule has 2 atom stereocenters. The summed E-state index contributed by atoms with van der Waals surface area (Å²) in [7, 11) is 0. The van der Waals surface area contributed by atoms with E-state index in [1.165, 1.54) is 51.5 Å². The largest absolute Gasteiger partial charge is 0.370 e. The van der Waals surface area contributed by atoms with Gasteiger partial charge in [0.2, 0.25) is 0 Å². The van der Waals surface area contributed by atoms with Crippen LogP contribution in [0.2, 0.25) is 0 Å². The van der Waals surface area contributed by atoms with E-state index in [1.807, 2.05) is 0 Å². The topological polar surface area (TPSA) is 44.9 Å². The average molecular weight is 264 g/mol. The van der Waals surface area contributed by atoms with Crippen LogP contribution < -0.4 is 5.73 Å². The molecule has 108 valence electrons. The van der Waals surface area contributed by atoms with Crippen LogP contribution in [-0.4, -0.2) is 53.5 Å². The summed E-state index contributed by atoms with van der Waals surface area (Å²) in [6.07, 6.45) is 9.19. The number of rotatable bonds is 1. The number of piperazine rings is 1. The van der Waals surface area contributed by atoms with E-state index >= 15 is 0 Å². The van der Waals surface area contributed by atoms with Gasteiger partial charge in [0.15, 0.2) is 5.96 Å². The highest BCUT2D eigenvalue weighted by molar-refractivity contribution is 5.78. The normalized spacial score (nSPS) is 34.6. The molecule has 0 aromatic heterocycles. The second kappa shape index (κ2) is 5.70. The van der Waals surface area contributed by atoms with Crippen LogP contribution in [0.15, 0.2) is 4.99 Å². The minimum Gasteiger partial charge on any atom is -0.370 e. The van der Waals surface area contributed by atoms with Crippen LogP contribution in [0, 0.1) is 0 Å². The molecular weight excluding hydrogens is 236 g/mol. The summed E-state index contributed by atoms with van der Waals surface area (Å²) in [5.41, 5.74) is 6.31. The molecular formula is C15H28N4. The quantitative estimate of drug-likeness (QED) is 0.580. The third-order valence-electron chi connectivity index (χ3n) is 5.12. The van der Waals surface area contributed by atoms with Crippen molar-refractivity contribution in [1.82, 2.24) is 9.80 Å². The smallest absolute Gasteiger partial charge is 0.191 e. The molecule has 0 aromatic carbocycles. The fraction of sp³-hybridized carbons (Fsp3) is 0.933. The van der Waals surface area contributed by atoms with E-state index in [0.717, 1.165) is 25.1 Å². The number of aliphatic imine (C=N–C) groups is 1. The van der Waals surface area contributed by atoms with Crippen molar-refractivity contribution in [3.8, 4) is 0 Å². The number of fused-ring (bicyclic) bond motifs is 1. The Morgan fingerprint density at radius 3 is 2.63 bits per heavy atom. The van der Waals surface area contributed by atoms with Crippen LogP contribution in [0.25, 0.3) is 0 Å². The van der Waals surface area contributed by atoms with Crippen molar-refractivity contribution in [2.45, 2.75) is 70.0 Å². The van der Waals surface area contributed by atoms with Gasteiger partial charge in [-0.25, -0.2) is 4.99 Å². The van der Waals surface area contributed by atoms with E-state index in [0.29, 0.717) is 12.1 Å². The van der Waals surface area contributed by atoms with Gasteiger partial charge in [0, 0.05) is 25.2 Å². The van der Waals surface area contributed by atoms with E-state index in [1.54, 1.807) is 0 Å². The zero-order valence-electron chi connectivity index (χ0n) is 12.2. The summed E-state index contributed by atoms with van der Waals surface area (Å²) < 4.78 is 0. The molecule has 1 aliphatic carbocycles. The third-order valence-corrected chi connectivity index (χ3v) is 5.12. The highest BCUT2D eigenvalue weighted by Crippen LogP contribution is 2.25. The van der Waals surface area contributed by atoms with Gasteiger partial charge in [-0.05, 0) is 39.2 Å². The first-order valence-electron chi connectivity index (χ1n) is 8.08. The second-order valence-electron chi connectivity index (χ2n) is 6.57. The second-order valence-corrected chi connectivity index (χ2v) is 6.57. The fourth-order valence-electron chi connectivity index (χ4n) is 3.98. The molecule has 4 nitrogen and oxygen atoms in total. The lowest BCUT2D eigenvalue weighted by Gasteiger charge is -2.43. The molecule has 2 heterocycles. The van der Waals surface area contributed by atoms with Crippen molar-refractivity contribution in [2.24, 2.45) is 10.7 Å². The zero-order valence-corrected chi connectivity index (χ0v) is 12.2. The van der Waals surface area contributed by atoms with E-state index < -0.39 is 0 Å². The first-order valence-corrected chi connectivity index (χ1v) is 8.08. The molecule has 2 aliphatic heterocycles. The molecule has 2 saturated heterocycles. The lowest BCUT2D eigenvalue weighted by Crippen LogP contribution is -2.58. The monoisotopic (exact) mass is 264 g/mol. The van der Waals surface area contributed by atoms with Crippen LogP contribution >= 0.6 is 0 Å². The summed E-state index contributed by atoms with van der Waals surface area (Å²) in [6, 6.07) is 1.72. The Kier molecular flexibility index (Phi) is 3.96. The highest BCUT2D eigenvalue weighted by atomic mass is 15.4. The number of hydrogen-bond acceptors (Lipinski definition) is 2. The molecule has 0 spiro atoms. The minimum atomic E-state index is 0.488. The van der Waals surface area contributed by atoms with Gasteiger partial charge < -0.3 is 10.6 Å². The third kappa shape index (κ3) is 2.88. The van der Waals surface area contributed by atoms with Gasteiger partial charge in [-0.15, -0.1) is 0 Å². The zero-order chi connectivity index (χ0) is 13.2. The Bertz CT molecular complexity index is 335. The lowest BCUT2D eigenvalue weighted by molar-refractivity contribution is 0.107. The van der Waals surface area contributed by atoms with E-state index in [4.69, 9.17) is 10.7 Å². The van der Waals surface area contributed by atoms with Gasteiger partial charge in [0.25, 0.3) is 0 Å². The van der Waals surface area contributed by atoms with Gasteiger partial charge in [0.05, 0.1) is 6.04 Å². The molecule has 1 saturated carbocycles. The van der Waals surface area contributed by atoms with Gasteiger partial charge in [-0.3, -0.25) is 4.90 Å². The minimum absolute atomic E-state index is 0.488. The Balaban J connectivity index is 1.64. The SMILES string of the molecule is CC1CN2CCCC2CN1C(N)=NC1CCCCC1. The van der Waals surface area contributed by atoms with Crippen molar-refractivity contribution in [1.29, 1.82) is 0 Å².